The molecule has 4 nitrogen and oxygen atoms in total. The van der Waals surface area contributed by atoms with E-state index in [2.05, 4.69) is 36.1 Å². The highest BCUT2D eigenvalue weighted by Crippen LogP contribution is 2.36. The molecular formula is C18H29NO3. The van der Waals surface area contributed by atoms with Gasteiger partial charge in [0.25, 0.3) is 0 Å². The third kappa shape index (κ3) is 3.87. The predicted molar refractivity (Wildman–Crippen MR) is 87.7 cm³/mol. The zero-order valence-electron chi connectivity index (χ0n) is 14.0. The molecule has 2 rings (SSSR count). The lowest BCUT2D eigenvalue weighted by molar-refractivity contribution is -0.265. The Balaban J connectivity index is 2.12. The van der Waals surface area contributed by atoms with Crippen LogP contribution in [0.1, 0.15) is 45.2 Å². The Morgan fingerprint density at radius 1 is 1.23 bits per heavy atom. The zero-order chi connectivity index (χ0) is 16.0. The smallest absolute Gasteiger partial charge is 0.171 e. The molecule has 124 valence electrons. The third-order valence-electron chi connectivity index (χ3n) is 4.57. The second-order valence-electron chi connectivity index (χ2n) is 5.89. The number of benzene rings is 1. The standard InChI is InChI=1S/C18H29NO3/c1-4-21-18(22-5-2)11-12-19(17(13-18)14-20)15(3)16-9-7-6-8-10-16/h6-10,15,17,20H,4-5,11-14H2,1-3H3/t15-,17?/m1/s1. The van der Waals surface area contributed by atoms with Gasteiger partial charge in [-0.2, -0.15) is 0 Å². The van der Waals surface area contributed by atoms with Crippen molar-refractivity contribution in [3.05, 3.63) is 35.9 Å². The van der Waals surface area contributed by atoms with E-state index in [-0.39, 0.29) is 18.7 Å². The number of ether oxygens (including phenoxy) is 2. The summed E-state index contributed by atoms with van der Waals surface area (Å²) in [6.45, 7) is 8.44. The molecule has 0 bridgehead atoms. The molecule has 4 heteroatoms. The minimum atomic E-state index is -0.538. The van der Waals surface area contributed by atoms with Gasteiger partial charge in [0.05, 0.1) is 6.61 Å². The highest BCUT2D eigenvalue weighted by molar-refractivity contribution is 5.19. The van der Waals surface area contributed by atoms with Crippen LogP contribution >= 0.6 is 0 Å². The van der Waals surface area contributed by atoms with Gasteiger partial charge in [0.2, 0.25) is 0 Å². The van der Waals surface area contributed by atoms with E-state index in [1.54, 1.807) is 0 Å². The number of hydrogen-bond donors (Lipinski definition) is 1. The van der Waals surface area contributed by atoms with Crippen molar-refractivity contribution in [2.45, 2.75) is 51.5 Å². The number of hydrogen-bond acceptors (Lipinski definition) is 4. The first-order valence-electron chi connectivity index (χ1n) is 8.35. The fraction of sp³-hybridized carbons (Fsp3) is 0.667. The summed E-state index contributed by atoms with van der Waals surface area (Å²) in [6, 6.07) is 10.8. The maximum Gasteiger partial charge on any atom is 0.171 e. The van der Waals surface area contributed by atoms with Crippen LogP contribution in [-0.2, 0) is 9.47 Å². The van der Waals surface area contributed by atoms with E-state index in [0.29, 0.717) is 19.6 Å². The Bertz CT molecular complexity index is 431. The molecule has 1 saturated heterocycles. The van der Waals surface area contributed by atoms with Crippen LogP contribution in [0.5, 0.6) is 0 Å². The van der Waals surface area contributed by atoms with E-state index >= 15 is 0 Å². The summed E-state index contributed by atoms with van der Waals surface area (Å²) in [5.74, 6) is -0.538. The van der Waals surface area contributed by atoms with Gasteiger partial charge in [0.15, 0.2) is 5.79 Å². The first kappa shape index (κ1) is 17.4. The quantitative estimate of drug-likeness (QED) is 0.786. The number of piperidine rings is 1. The van der Waals surface area contributed by atoms with E-state index in [1.165, 1.54) is 5.56 Å². The minimum Gasteiger partial charge on any atom is -0.395 e. The predicted octanol–water partition coefficient (Wildman–Crippen LogP) is 2.97. The van der Waals surface area contributed by atoms with Crippen LogP contribution in [0, 0.1) is 0 Å². The van der Waals surface area contributed by atoms with Crippen molar-refractivity contribution >= 4 is 0 Å². The molecule has 1 unspecified atom stereocenters. The molecule has 0 saturated carbocycles. The highest BCUT2D eigenvalue weighted by Gasteiger charge is 2.42. The van der Waals surface area contributed by atoms with Gasteiger partial charge in [0.1, 0.15) is 0 Å². The normalized spacial score (nSPS) is 23.4. The Labute approximate surface area is 134 Å². The van der Waals surface area contributed by atoms with Crippen LogP contribution in [0.4, 0.5) is 0 Å². The lowest BCUT2D eigenvalue weighted by Crippen LogP contribution is -2.54. The monoisotopic (exact) mass is 307 g/mol. The Morgan fingerprint density at radius 3 is 2.41 bits per heavy atom. The maximum atomic E-state index is 9.87. The molecule has 0 aromatic heterocycles. The van der Waals surface area contributed by atoms with Crippen LogP contribution in [0.15, 0.2) is 30.3 Å². The number of likely N-dealkylation sites (tertiary alicyclic amines) is 1. The van der Waals surface area contributed by atoms with Gasteiger partial charge in [-0.15, -0.1) is 0 Å². The first-order chi connectivity index (χ1) is 10.7. The van der Waals surface area contributed by atoms with E-state index in [0.717, 1.165) is 13.0 Å². The average molecular weight is 307 g/mol. The van der Waals surface area contributed by atoms with Gasteiger partial charge in [-0.1, -0.05) is 30.3 Å². The van der Waals surface area contributed by atoms with Gasteiger partial charge in [-0.05, 0) is 26.3 Å². The third-order valence-corrected chi connectivity index (χ3v) is 4.57. The summed E-state index contributed by atoms with van der Waals surface area (Å²) in [7, 11) is 0. The van der Waals surface area contributed by atoms with Crippen molar-refractivity contribution in [1.82, 2.24) is 4.90 Å². The van der Waals surface area contributed by atoms with Crippen LogP contribution < -0.4 is 0 Å². The lowest BCUT2D eigenvalue weighted by atomic mass is 9.92. The van der Waals surface area contributed by atoms with Crippen LogP contribution in [0.2, 0.25) is 0 Å². The van der Waals surface area contributed by atoms with E-state index < -0.39 is 5.79 Å². The lowest BCUT2D eigenvalue weighted by Gasteiger charge is -2.47. The van der Waals surface area contributed by atoms with E-state index in [4.69, 9.17) is 9.47 Å². The fourth-order valence-electron chi connectivity index (χ4n) is 3.49. The molecule has 0 spiro atoms. The Kier molecular flexibility index (Phi) is 6.38. The SMILES string of the molecule is CCOC1(OCC)CCN([C@H](C)c2ccccc2)C(CO)C1. The molecule has 1 fully saturated rings. The molecular weight excluding hydrogens is 278 g/mol. The van der Waals surface area contributed by atoms with Crippen molar-refractivity contribution in [1.29, 1.82) is 0 Å². The number of aliphatic hydroxyl groups excluding tert-OH is 1. The Hall–Kier alpha value is -0.940. The van der Waals surface area contributed by atoms with Crippen molar-refractivity contribution in [3.8, 4) is 0 Å². The van der Waals surface area contributed by atoms with Crippen LogP contribution in [-0.4, -0.2) is 48.2 Å². The highest BCUT2D eigenvalue weighted by atomic mass is 16.7. The summed E-state index contributed by atoms with van der Waals surface area (Å²) in [5.41, 5.74) is 1.28. The molecule has 1 aromatic carbocycles. The molecule has 1 aliphatic rings. The fourth-order valence-corrected chi connectivity index (χ4v) is 3.49. The van der Waals surface area contributed by atoms with Crippen molar-refractivity contribution in [2.75, 3.05) is 26.4 Å². The molecule has 0 radical (unpaired) electrons. The average Bonchev–Trinajstić information content (AvgIpc) is 2.55. The van der Waals surface area contributed by atoms with Gasteiger partial charge in [0, 0.05) is 44.7 Å². The maximum absolute atomic E-state index is 9.87. The zero-order valence-corrected chi connectivity index (χ0v) is 14.0. The topological polar surface area (TPSA) is 41.9 Å². The summed E-state index contributed by atoms with van der Waals surface area (Å²) < 4.78 is 11.8. The van der Waals surface area contributed by atoms with Crippen LogP contribution in [0.25, 0.3) is 0 Å². The molecule has 1 heterocycles. The van der Waals surface area contributed by atoms with Crippen molar-refractivity contribution < 1.29 is 14.6 Å². The first-order valence-corrected chi connectivity index (χ1v) is 8.35. The number of nitrogens with zero attached hydrogens (tertiary/aromatic N) is 1. The van der Waals surface area contributed by atoms with E-state index in [1.807, 2.05) is 19.9 Å². The molecule has 1 N–H and O–H groups in total. The summed E-state index contributed by atoms with van der Waals surface area (Å²) in [4.78, 5) is 2.37. The second-order valence-corrected chi connectivity index (χ2v) is 5.89. The van der Waals surface area contributed by atoms with Gasteiger partial charge >= 0.3 is 0 Å². The van der Waals surface area contributed by atoms with Gasteiger partial charge in [-0.25, -0.2) is 0 Å². The van der Waals surface area contributed by atoms with Crippen molar-refractivity contribution in [3.63, 3.8) is 0 Å². The minimum absolute atomic E-state index is 0.0575. The summed E-state index contributed by atoms with van der Waals surface area (Å²) >= 11 is 0. The molecule has 22 heavy (non-hydrogen) atoms. The molecule has 2 atom stereocenters. The van der Waals surface area contributed by atoms with Crippen molar-refractivity contribution in [2.24, 2.45) is 0 Å². The number of rotatable bonds is 7. The molecule has 1 aliphatic heterocycles. The molecule has 1 aromatic rings. The molecule has 0 amide bonds. The van der Waals surface area contributed by atoms with E-state index in [9.17, 15) is 5.11 Å². The largest absolute Gasteiger partial charge is 0.395 e. The second kappa shape index (κ2) is 8.06. The van der Waals surface area contributed by atoms with Gasteiger partial charge in [-0.3, -0.25) is 4.90 Å². The molecule has 0 aliphatic carbocycles. The summed E-state index contributed by atoms with van der Waals surface area (Å²) in [6.07, 6.45) is 1.55. The summed E-state index contributed by atoms with van der Waals surface area (Å²) in [5, 5.41) is 9.87. The van der Waals surface area contributed by atoms with Crippen LogP contribution in [0.3, 0.4) is 0 Å². The number of aliphatic hydroxyl groups is 1. The Morgan fingerprint density at radius 2 is 1.86 bits per heavy atom. The van der Waals surface area contributed by atoms with Gasteiger partial charge < -0.3 is 14.6 Å².